The Kier molecular flexibility index (Phi) is 7.71. The molecule has 0 aliphatic carbocycles. The van der Waals surface area contributed by atoms with Crippen molar-refractivity contribution >= 4 is 5.69 Å². The molecule has 0 aliphatic rings. The van der Waals surface area contributed by atoms with E-state index in [1.54, 1.807) is 14.2 Å². The van der Waals surface area contributed by atoms with E-state index in [9.17, 15) is 0 Å². The van der Waals surface area contributed by atoms with Crippen LogP contribution in [-0.2, 0) is 0 Å². The van der Waals surface area contributed by atoms with E-state index in [1.165, 1.54) is 5.69 Å². The molecule has 3 aromatic carbocycles. The maximum atomic E-state index is 5.65. The van der Waals surface area contributed by atoms with Crippen molar-refractivity contribution in [2.75, 3.05) is 32.2 Å². The molecule has 0 saturated heterocycles. The highest BCUT2D eigenvalue weighted by molar-refractivity contribution is 5.80. The molecule has 1 aromatic heterocycles. The zero-order valence-electron chi connectivity index (χ0n) is 21.3. The normalized spacial score (nSPS) is 10.9. The van der Waals surface area contributed by atoms with E-state index in [0.29, 0.717) is 5.92 Å². The standard InChI is InChI=1S/C31H34N2O2/c1-6-33(21-22(2)3)25-17-15-23(16-18-25)24-19-28(26-11-7-9-13-30(26)34-4)32-29(20-24)27-12-8-10-14-31(27)35-5/h7-20,22H,6,21H2,1-5H3. The summed E-state index contributed by atoms with van der Waals surface area (Å²) in [7, 11) is 3.39. The second kappa shape index (κ2) is 11.1. The molecule has 180 valence electrons. The molecule has 0 unspecified atom stereocenters. The molecule has 0 radical (unpaired) electrons. The highest BCUT2D eigenvalue weighted by Crippen LogP contribution is 2.37. The van der Waals surface area contributed by atoms with E-state index >= 15 is 0 Å². The highest BCUT2D eigenvalue weighted by atomic mass is 16.5. The Hall–Kier alpha value is -3.79. The van der Waals surface area contributed by atoms with Crippen molar-refractivity contribution in [2.24, 2.45) is 5.92 Å². The van der Waals surface area contributed by atoms with Gasteiger partial charge in [0.15, 0.2) is 0 Å². The minimum absolute atomic E-state index is 0.613. The Morgan fingerprint density at radius 3 is 1.69 bits per heavy atom. The van der Waals surface area contributed by atoms with Crippen molar-refractivity contribution in [1.82, 2.24) is 4.98 Å². The fraction of sp³-hybridized carbons (Fsp3) is 0.258. The summed E-state index contributed by atoms with van der Waals surface area (Å²) in [4.78, 5) is 7.46. The highest BCUT2D eigenvalue weighted by Gasteiger charge is 2.15. The van der Waals surface area contributed by atoms with Crippen molar-refractivity contribution in [2.45, 2.75) is 20.8 Å². The average molecular weight is 467 g/mol. The molecule has 0 amide bonds. The lowest BCUT2D eigenvalue weighted by atomic mass is 9.99. The number of pyridine rings is 1. The van der Waals surface area contributed by atoms with Crippen LogP contribution in [0.5, 0.6) is 11.5 Å². The van der Waals surface area contributed by atoms with Gasteiger partial charge in [-0.2, -0.15) is 0 Å². The maximum Gasteiger partial charge on any atom is 0.128 e. The first-order chi connectivity index (χ1) is 17.0. The lowest BCUT2D eigenvalue weighted by molar-refractivity contribution is 0.416. The second-order valence-corrected chi connectivity index (χ2v) is 9.01. The number of rotatable bonds is 9. The van der Waals surface area contributed by atoms with Crippen LogP contribution in [0.3, 0.4) is 0 Å². The van der Waals surface area contributed by atoms with Crippen molar-refractivity contribution in [3.63, 3.8) is 0 Å². The fourth-order valence-electron chi connectivity index (χ4n) is 4.41. The van der Waals surface area contributed by atoms with E-state index in [0.717, 1.165) is 58.2 Å². The monoisotopic (exact) mass is 466 g/mol. The van der Waals surface area contributed by atoms with E-state index in [1.807, 2.05) is 48.5 Å². The van der Waals surface area contributed by atoms with Gasteiger partial charge >= 0.3 is 0 Å². The summed E-state index contributed by atoms with van der Waals surface area (Å²) in [5.74, 6) is 2.21. The van der Waals surface area contributed by atoms with E-state index in [4.69, 9.17) is 14.5 Å². The zero-order chi connectivity index (χ0) is 24.8. The van der Waals surface area contributed by atoms with Gasteiger partial charge in [-0.3, -0.25) is 0 Å². The van der Waals surface area contributed by atoms with Gasteiger partial charge in [0.25, 0.3) is 0 Å². The van der Waals surface area contributed by atoms with Crippen molar-refractivity contribution < 1.29 is 9.47 Å². The van der Waals surface area contributed by atoms with Crippen LogP contribution in [0.1, 0.15) is 20.8 Å². The molecular formula is C31H34N2O2. The molecule has 0 N–H and O–H groups in total. The van der Waals surface area contributed by atoms with E-state index in [-0.39, 0.29) is 0 Å². The summed E-state index contributed by atoms with van der Waals surface area (Å²) in [5, 5.41) is 0. The summed E-state index contributed by atoms with van der Waals surface area (Å²) < 4.78 is 11.3. The van der Waals surface area contributed by atoms with Crippen molar-refractivity contribution in [3.8, 4) is 45.1 Å². The van der Waals surface area contributed by atoms with Crippen molar-refractivity contribution in [1.29, 1.82) is 0 Å². The summed E-state index contributed by atoms with van der Waals surface area (Å²) in [6.45, 7) is 8.75. The second-order valence-electron chi connectivity index (χ2n) is 9.01. The zero-order valence-corrected chi connectivity index (χ0v) is 21.3. The first-order valence-electron chi connectivity index (χ1n) is 12.2. The number of anilines is 1. The molecule has 0 bridgehead atoms. The van der Waals surface area contributed by atoms with Gasteiger partial charge in [0.1, 0.15) is 11.5 Å². The molecule has 4 rings (SSSR count). The predicted molar refractivity (Wildman–Crippen MR) is 146 cm³/mol. The molecule has 4 aromatic rings. The summed E-state index contributed by atoms with van der Waals surface area (Å²) >= 11 is 0. The van der Waals surface area contributed by atoms with Crippen LogP contribution >= 0.6 is 0 Å². The summed E-state index contributed by atoms with van der Waals surface area (Å²) in [5.41, 5.74) is 7.12. The number of aromatic nitrogens is 1. The quantitative estimate of drug-likeness (QED) is 0.255. The van der Waals surface area contributed by atoms with Crippen molar-refractivity contribution in [3.05, 3.63) is 84.9 Å². The van der Waals surface area contributed by atoms with Gasteiger partial charge in [-0.05, 0) is 72.5 Å². The summed E-state index contributed by atoms with van der Waals surface area (Å²) in [6.07, 6.45) is 0. The number of nitrogens with zero attached hydrogens (tertiary/aromatic N) is 2. The number of ether oxygens (including phenoxy) is 2. The van der Waals surface area contributed by atoms with Gasteiger partial charge in [-0.1, -0.05) is 50.2 Å². The minimum Gasteiger partial charge on any atom is -0.496 e. The number of benzene rings is 3. The topological polar surface area (TPSA) is 34.6 Å². The van der Waals surface area contributed by atoms with Gasteiger partial charge < -0.3 is 14.4 Å². The lowest BCUT2D eigenvalue weighted by Gasteiger charge is -2.25. The van der Waals surface area contributed by atoms with Gasteiger partial charge in [0.05, 0.1) is 25.6 Å². The van der Waals surface area contributed by atoms with Crippen LogP contribution in [0.4, 0.5) is 5.69 Å². The number of para-hydroxylation sites is 2. The van der Waals surface area contributed by atoms with Crippen LogP contribution in [0.25, 0.3) is 33.6 Å². The molecular weight excluding hydrogens is 432 g/mol. The molecule has 0 spiro atoms. The number of hydrogen-bond donors (Lipinski definition) is 0. The lowest BCUT2D eigenvalue weighted by Crippen LogP contribution is -2.27. The van der Waals surface area contributed by atoms with Gasteiger partial charge in [0, 0.05) is 29.9 Å². The Labute approximate surface area is 209 Å². The molecule has 0 aliphatic heterocycles. The predicted octanol–water partition coefficient (Wildman–Crippen LogP) is 7.58. The van der Waals surface area contributed by atoms with Crippen LogP contribution < -0.4 is 14.4 Å². The third-order valence-corrected chi connectivity index (χ3v) is 6.12. The maximum absolute atomic E-state index is 5.65. The Morgan fingerprint density at radius 2 is 1.23 bits per heavy atom. The van der Waals surface area contributed by atoms with E-state index in [2.05, 4.69) is 62.1 Å². The number of methoxy groups -OCH3 is 2. The van der Waals surface area contributed by atoms with Crippen LogP contribution in [0.2, 0.25) is 0 Å². The summed E-state index contributed by atoms with van der Waals surface area (Å²) in [6, 6.07) is 29.1. The molecule has 1 heterocycles. The van der Waals surface area contributed by atoms with Crippen LogP contribution in [0, 0.1) is 5.92 Å². The van der Waals surface area contributed by atoms with Gasteiger partial charge in [0.2, 0.25) is 0 Å². The van der Waals surface area contributed by atoms with Gasteiger partial charge in [-0.25, -0.2) is 4.98 Å². The molecule has 35 heavy (non-hydrogen) atoms. The first-order valence-corrected chi connectivity index (χ1v) is 12.2. The molecule has 4 heteroatoms. The van der Waals surface area contributed by atoms with Crippen LogP contribution in [0.15, 0.2) is 84.9 Å². The fourth-order valence-corrected chi connectivity index (χ4v) is 4.41. The smallest absolute Gasteiger partial charge is 0.128 e. The third kappa shape index (κ3) is 5.48. The van der Waals surface area contributed by atoms with E-state index < -0.39 is 0 Å². The average Bonchev–Trinajstić information content (AvgIpc) is 2.91. The molecule has 0 atom stereocenters. The number of hydrogen-bond acceptors (Lipinski definition) is 4. The Morgan fingerprint density at radius 1 is 0.714 bits per heavy atom. The SMILES string of the molecule is CCN(CC(C)C)c1ccc(-c2cc(-c3ccccc3OC)nc(-c3ccccc3OC)c2)cc1. The largest absolute Gasteiger partial charge is 0.496 e. The first kappa shape index (κ1) is 24.3. The molecule has 0 saturated carbocycles. The third-order valence-electron chi connectivity index (χ3n) is 6.12. The minimum atomic E-state index is 0.613. The van der Waals surface area contributed by atoms with Gasteiger partial charge in [-0.15, -0.1) is 0 Å². The van der Waals surface area contributed by atoms with Crippen LogP contribution in [-0.4, -0.2) is 32.3 Å². The Balaban J connectivity index is 1.84. The Bertz CT molecular complexity index is 1200. The molecule has 4 nitrogen and oxygen atoms in total. The molecule has 0 fully saturated rings.